The Kier molecular flexibility index (Phi) is 5.47. The number of hydrogen-bond acceptors (Lipinski definition) is 6. The molecule has 1 aromatic heterocycles. The van der Waals surface area contributed by atoms with Gasteiger partial charge in [0.2, 0.25) is 11.8 Å². The number of hydrazone groups is 1. The molecule has 0 fully saturated rings. The minimum atomic E-state index is -1.42. The lowest BCUT2D eigenvalue weighted by Crippen LogP contribution is -2.16. The molecule has 140 valence electrons. The van der Waals surface area contributed by atoms with Crippen LogP contribution in [0.25, 0.3) is 11.3 Å². The van der Waals surface area contributed by atoms with Crippen molar-refractivity contribution in [2.45, 2.75) is 0 Å². The van der Waals surface area contributed by atoms with Crippen LogP contribution in [0, 0.1) is 23.0 Å². The summed E-state index contributed by atoms with van der Waals surface area (Å²) in [4.78, 5) is 18.6. The quantitative estimate of drug-likeness (QED) is 0.323. The van der Waals surface area contributed by atoms with Gasteiger partial charge in [-0.2, -0.15) is 14.8 Å². The normalized spacial score (nSPS) is 10.8. The molecule has 0 aliphatic carbocycles. The van der Waals surface area contributed by atoms with Gasteiger partial charge in [-0.3, -0.25) is 9.78 Å². The summed E-state index contributed by atoms with van der Waals surface area (Å²) < 4.78 is 27.3. The highest BCUT2D eigenvalue weighted by molar-refractivity contribution is 9.10. The summed E-state index contributed by atoms with van der Waals surface area (Å²) in [6.07, 6.45) is 0.947. The number of benzene rings is 2. The standard InChI is InChI=1S/C18H10BrF2N5O2/c19-12-6-10(13(20)14(21)16(12)27)8-23-26-18-24-15(9-4-2-1-3-5-9)11(7-22)17(28)25-18/h1-6,8,27H,(H2,24,25,26,28). The predicted octanol–water partition coefficient (Wildman–Crippen LogP) is 3.50. The topological polar surface area (TPSA) is 114 Å². The summed E-state index contributed by atoms with van der Waals surface area (Å²) >= 11 is 2.90. The van der Waals surface area contributed by atoms with E-state index in [0.717, 1.165) is 12.3 Å². The number of aromatic nitrogens is 2. The third-order valence-corrected chi connectivity index (χ3v) is 4.22. The van der Waals surface area contributed by atoms with E-state index in [2.05, 4.69) is 36.4 Å². The third kappa shape index (κ3) is 3.74. The molecular weight excluding hydrogens is 436 g/mol. The van der Waals surface area contributed by atoms with Crippen LogP contribution in [-0.4, -0.2) is 21.3 Å². The van der Waals surface area contributed by atoms with E-state index in [-0.39, 0.29) is 27.2 Å². The van der Waals surface area contributed by atoms with Crippen molar-refractivity contribution in [2.75, 3.05) is 5.43 Å². The van der Waals surface area contributed by atoms with Crippen molar-refractivity contribution in [1.82, 2.24) is 9.97 Å². The maximum Gasteiger partial charge on any atom is 0.270 e. The Balaban J connectivity index is 1.94. The zero-order valence-corrected chi connectivity index (χ0v) is 15.5. The lowest BCUT2D eigenvalue weighted by Gasteiger charge is -2.06. The largest absolute Gasteiger partial charge is 0.504 e. The molecule has 0 amide bonds. The van der Waals surface area contributed by atoms with Crippen molar-refractivity contribution in [3.05, 3.63) is 74.0 Å². The number of nitrogens with one attached hydrogen (secondary N) is 2. The van der Waals surface area contributed by atoms with E-state index in [1.807, 2.05) is 0 Å². The molecule has 10 heteroatoms. The Morgan fingerprint density at radius 2 is 2.00 bits per heavy atom. The molecule has 0 saturated carbocycles. The van der Waals surface area contributed by atoms with Crippen molar-refractivity contribution >= 4 is 28.1 Å². The first-order chi connectivity index (χ1) is 13.4. The lowest BCUT2D eigenvalue weighted by molar-refractivity contribution is 0.404. The first-order valence-corrected chi connectivity index (χ1v) is 8.47. The summed E-state index contributed by atoms with van der Waals surface area (Å²) in [7, 11) is 0. The number of hydrogen-bond donors (Lipinski definition) is 3. The Morgan fingerprint density at radius 3 is 2.68 bits per heavy atom. The van der Waals surface area contributed by atoms with Gasteiger partial charge in [0.05, 0.1) is 16.4 Å². The van der Waals surface area contributed by atoms with Crippen LogP contribution in [0.4, 0.5) is 14.7 Å². The molecule has 0 saturated heterocycles. The number of phenols is 1. The van der Waals surface area contributed by atoms with Crippen LogP contribution in [0.15, 0.2) is 50.8 Å². The van der Waals surface area contributed by atoms with Crippen molar-refractivity contribution in [3.63, 3.8) is 0 Å². The third-order valence-electron chi connectivity index (χ3n) is 3.62. The van der Waals surface area contributed by atoms with Crippen molar-refractivity contribution in [3.8, 4) is 23.1 Å². The van der Waals surface area contributed by atoms with E-state index in [4.69, 9.17) is 0 Å². The number of nitrogens with zero attached hydrogens (tertiary/aromatic N) is 3. The minimum Gasteiger partial charge on any atom is -0.504 e. The second-order valence-corrected chi connectivity index (χ2v) is 6.26. The molecule has 3 aromatic rings. The smallest absolute Gasteiger partial charge is 0.270 e. The molecule has 2 aromatic carbocycles. The average molecular weight is 446 g/mol. The molecule has 0 spiro atoms. The Morgan fingerprint density at radius 1 is 1.29 bits per heavy atom. The van der Waals surface area contributed by atoms with E-state index in [1.54, 1.807) is 36.4 Å². The molecular formula is C18H10BrF2N5O2. The van der Waals surface area contributed by atoms with E-state index in [1.165, 1.54) is 0 Å². The minimum absolute atomic E-state index is 0.0517. The van der Waals surface area contributed by atoms with Crippen molar-refractivity contribution in [2.24, 2.45) is 5.10 Å². The fourth-order valence-electron chi connectivity index (χ4n) is 2.30. The zero-order chi connectivity index (χ0) is 20.3. The predicted molar refractivity (Wildman–Crippen MR) is 102 cm³/mol. The second-order valence-electron chi connectivity index (χ2n) is 5.41. The molecule has 0 aliphatic heterocycles. The van der Waals surface area contributed by atoms with Gasteiger partial charge >= 0.3 is 0 Å². The lowest BCUT2D eigenvalue weighted by atomic mass is 10.1. The van der Waals surface area contributed by atoms with Gasteiger partial charge in [-0.25, -0.2) is 14.8 Å². The summed E-state index contributed by atoms with van der Waals surface area (Å²) in [5.41, 5.74) is 1.99. The Bertz CT molecular complexity index is 1170. The van der Waals surface area contributed by atoms with Gasteiger partial charge < -0.3 is 5.11 Å². The van der Waals surface area contributed by atoms with Gasteiger partial charge in [-0.1, -0.05) is 30.3 Å². The summed E-state index contributed by atoms with van der Waals surface area (Å²) in [5.74, 6) is -3.67. The van der Waals surface area contributed by atoms with Crippen LogP contribution in [-0.2, 0) is 0 Å². The number of nitriles is 1. The summed E-state index contributed by atoms with van der Waals surface area (Å²) in [6.45, 7) is 0. The highest BCUT2D eigenvalue weighted by Crippen LogP contribution is 2.30. The number of phenolic OH excluding ortho intramolecular Hbond substituents is 1. The monoisotopic (exact) mass is 445 g/mol. The maximum atomic E-state index is 13.8. The van der Waals surface area contributed by atoms with Gasteiger partial charge in [-0.05, 0) is 22.0 Å². The van der Waals surface area contributed by atoms with Crippen molar-refractivity contribution < 1.29 is 13.9 Å². The molecule has 0 atom stereocenters. The highest BCUT2D eigenvalue weighted by atomic mass is 79.9. The molecule has 0 aliphatic rings. The number of H-pyrrole nitrogens is 1. The first kappa shape index (κ1) is 19.2. The maximum absolute atomic E-state index is 13.8. The number of rotatable bonds is 4. The van der Waals surface area contributed by atoms with Crippen LogP contribution in [0.3, 0.4) is 0 Å². The highest BCUT2D eigenvalue weighted by Gasteiger charge is 2.16. The van der Waals surface area contributed by atoms with Gasteiger partial charge in [0, 0.05) is 11.1 Å². The molecule has 0 unspecified atom stereocenters. The van der Waals surface area contributed by atoms with Gasteiger partial charge in [0.1, 0.15) is 11.6 Å². The molecule has 7 nitrogen and oxygen atoms in total. The number of aromatic hydroxyl groups is 1. The molecule has 3 rings (SSSR count). The average Bonchev–Trinajstić information content (AvgIpc) is 2.70. The van der Waals surface area contributed by atoms with Crippen LogP contribution in [0.2, 0.25) is 0 Å². The van der Waals surface area contributed by atoms with Gasteiger partial charge in [0.25, 0.3) is 5.56 Å². The Hall–Kier alpha value is -3.58. The van der Waals surface area contributed by atoms with Gasteiger partial charge in [-0.15, -0.1) is 0 Å². The SMILES string of the molecule is N#Cc1c(-c2ccccc2)nc(NN=Cc2cc(Br)c(O)c(F)c2F)[nH]c1=O. The molecule has 3 N–H and O–H groups in total. The molecule has 1 heterocycles. The molecule has 0 bridgehead atoms. The van der Waals surface area contributed by atoms with Gasteiger partial charge in [0.15, 0.2) is 11.6 Å². The first-order valence-electron chi connectivity index (χ1n) is 7.67. The summed E-state index contributed by atoms with van der Waals surface area (Å²) in [5, 5.41) is 22.3. The van der Waals surface area contributed by atoms with E-state index in [0.29, 0.717) is 5.56 Å². The van der Waals surface area contributed by atoms with Crippen LogP contribution in [0.1, 0.15) is 11.1 Å². The fourth-order valence-corrected chi connectivity index (χ4v) is 2.72. The number of halogens is 3. The number of anilines is 1. The fraction of sp³-hybridized carbons (Fsp3) is 0. The van der Waals surface area contributed by atoms with Crippen LogP contribution in [0.5, 0.6) is 5.75 Å². The van der Waals surface area contributed by atoms with Crippen molar-refractivity contribution in [1.29, 1.82) is 5.26 Å². The number of aromatic amines is 1. The molecule has 0 radical (unpaired) electrons. The zero-order valence-electron chi connectivity index (χ0n) is 13.9. The van der Waals surface area contributed by atoms with Crippen LogP contribution >= 0.6 is 15.9 Å². The van der Waals surface area contributed by atoms with Crippen LogP contribution < -0.4 is 11.0 Å². The van der Waals surface area contributed by atoms with E-state index in [9.17, 15) is 23.9 Å². The summed E-state index contributed by atoms with van der Waals surface area (Å²) in [6, 6.07) is 11.5. The van der Waals surface area contributed by atoms with E-state index < -0.39 is 22.9 Å². The second kappa shape index (κ2) is 7.98. The Labute approximate surface area is 165 Å². The molecule has 28 heavy (non-hydrogen) atoms. The van der Waals surface area contributed by atoms with E-state index >= 15 is 0 Å².